The van der Waals surface area contributed by atoms with Gasteiger partial charge < -0.3 is 10.6 Å². The van der Waals surface area contributed by atoms with E-state index < -0.39 is 41.2 Å². The number of fused-ring (bicyclic) bond motifs is 4. The molecule has 0 aliphatic carbocycles. The highest BCUT2D eigenvalue weighted by atomic mass is 19.4. The molecular weight excluding hydrogens is 522 g/mol. The zero-order chi connectivity index (χ0) is 27.9. The fourth-order valence-corrected chi connectivity index (χ4v) is 5.83. The molecule has 206 valence electrons. The third-order valence-corrected chi connectivity index (χ3v) is 7.69. The van der Waals surface area contributed by atoms with Gasteiger partial charge in [-0.05, 0) is 67.1 Å². The molecule has 2 N–H and O–H groups in total. The number of amides is 2. The first kappa shape index (κ1) is 27.0. The lowest BCUT2D eigenvalue weighted by atomic mass is 9.73. The van der Waals surface area contributed by atoms with Crippen LogP contribution in [0.1, 0.15) is 35.6 Å². The van der Waals surface area contributed by atoms with Crippen LogP contribution in [0.3, 0.4) is 0 Å². The number of benzene rings is 2. The number of alkyl halides is 6. The number of hydrogen-bond donors (Lipinski definition) is 2. The Morgan fingerprint density at radius 3 is 2.36 bits per heavy atom. The van der Waals surface area contributed by atoms with E-state index in [1.54, 1.807) is 12.3 Å². The zero-order valence-corrected chi connectivity index (χ0v) is 20.7. The summed E-state index contributed by atoms with van der Waals surface area (Å²) in [6.07, 6.45) is -4.76. The van der Waals surface area contributed by atoms with Crippen molar-refractivity contribution in [3.63, 3.8) is 0 Å². The molecule has 3 aliphatic rings. The number of urea groups is 1. The quantitative estimate of drug-likeness (QED) is 0.266. The minimum atomic E-state index is -5.02. The van der Waals surface area contributed by atoms with Gasteiger partial charge in [-0.1, -0.05) is 24.3 Å². The Balaban J connectivity index is 1.48. The van der Waals surface area contributed by atoms with Gasteiger partial charge in [0.25, 0.3) is 0 Å². The fraction of sp³-hybridized carbons (Fsp3) is 0.357. The van der Waals surface area contributed by atoms with Crippen LogP contribution in [-0.2, 0) is 12.4 Å². The van der Waals surface area contributed by atoms with Crippen molar-refractivity contribution in [1.82, 2.24) is 15.2 Å². The van der Waals surface area contributed by atoms with Crippen LogP contribution < -0.4 is 10.6 Å². The molecule has 0 radical (unpaired) electrons. The van der Waals surface area contributed by atoms with Gasteiger partial charge in [0, 0.05) is 29.9 Å². The molecule has 39 heavy (non-hydrogen) atoms. The predicted molar refractivity (Wildman–Crippen MR) is 135 cm³/mol. The minimum Gasteiger partial charge on any atom is -0.329 e. The summed E-state index contributed by atoms with van der Waals surface area (Å²) in [5.41, 5.74) is -2.14. The molecule has 1 aromatic heterocycles. The first-order valence-corrected chi connectivity index (χ1v) is 12.5. The summed E-state index contributed by atoms with van der Waals surface area (Å²) in [6, 6.07) is 8.53. The predicted octanol–water partition coefficient (Wildman–Crippen LogP) is 7.03. The molecule has 2 aromatic carbocycles. The van der Waals surface area contributed by atoms with Crippen LogP contribution in [0.15, 0.2) is 67.4 Å². The summed E-state index contributed by atoms with van der Waals surface area (Å²) in [4.78, 5) is 19.8. The maximum Gasteiger partial charge on any atom is 0.416 e. The molecule has 2 unspecified atom stereocenters. The largest absolute Gasteiger partial charge is 0.416 e. The molecule has 5 atom stereocenters. The van der Waals surface area contributed by atoms with E-state index >= 15 is 0 Å². The minimum absolute atomic E-state index is 0.0249. The Morgan fingerprint density at radius 1 is 1.05 bits per heavy atom. The van der Waals surface area contributed by atoms with Crippen molar-refractivity contribution in [2.75, 3.05) is 18.4 Å². The number of hydrogen-bond acceptors (Lipinski definition) is 3. The first-order valence-electron chi connectivity index (χ1n) is 12.5. The van der Waals surface area contributed by atoms with Gasteiger partial charge >= 0.3 is 18.4 Å². The van der Waals surface area contributed by atoms with Crippen LogP contribution in [0.4, 0.5) is 36.8 Å². The number of nitrogens with one attached hydrogen (secondary N) is 2. The molecule has 2 bridgehead atoms. The van der Waals surface area contributed by atoms with Crippen LogP contribution in [0.25, 0.3) is 10.9 Å². The molecule has 3 saturated heterocycles. The van der Waals surface area contributed by atoms with Crippen LogP contribution in [0, 0.1) is 11.8 Å². The van der Waals surface area contributed by atoms with Crippen molar-refractivity contribution >= 4 is 22.6 Å². The van der Waals surface area contributed by atoms with E-state index in [1.165, 1.54) is 0 Å². The average Bonchev–Trinajstić information content (AvgIpc) is 2.90. The fourth-order valence-electron chi connectivity index (χ4n) is 5.83. The maximum atomic E-state index is 13.3. The lowest BCUT2D eigenvalue weighted by Crippen LogP contribution is -2.57. The van der Waals surface area contributed by atoms with Gasteiger partial charge in [0.1, 0.15) is 0 Å². The SMILES string of the molecule is C=CC1CN2CC[C@H]1C[C@H]2[C@@H](NC(=O)Nc1cc(C(F)(F)F)cc(C(F)(F)F)c1)c1ccnc2ccccc12. The van der Waals surface area contributed by atoms with Gasteiger partial charge in [-0.15, -0.1) is 6.58 Å². The second-order valence-electron chi connectivity index (χ2n) is 10.0. The Bertz CT molecular complexity index is 1350. The molecule has 0 saturated carbocycles. The average molecular weight is 549 g/mol. The number of halogens is 6. The molecule has 3 fully saturated rings. The third-order valence-electron chi connectivity index (χ3n) is 7.69. The number of nitrogens with zero attached hydrogens (tertiary/aromatic N) is 2. The van der Waals surface area contributed by atoms with Crippen LogP contribution in [-0.4, -0.2) is 35.0 Å². The molecule has 0 spiro atoms. The monoisotopic (exact) mass is 548 g/mol. The lowest BCUT2D eigenvalue weighted by molar-refractivity contribution is -0.143. The van der Waals surface area contributed by atoms with Gasteiger partial charge in [0.05, 0.1) is 22.7 Å². The lowest BCUT2D eigenvalue weighted by Gasteiger charge is -2.51. The maximum absolute atomic E-state index is 13.3. The molecule has 2 amide bonds. The summed E-state index contributed by atoms with van der Waals surface area (Å²) in [6.45, 7) is 5.51. The second-order valence-corrected chi connectivity index (χ2v) is 10.0. The first-order chi connectivity index (χ1) is 18.4. The van der Waals surface area contributed by atoms with Crippen molar-refractivity contribution in [3.8, 4) is 0 Å². The van der Waals surface area contributed by atoms with Gasteiger partial charge in [-0.3, -0.25) is 9.88 Å². The Kier molecular flexibility index (Phi) is 7.04. The number of rotatable bonds is 5. The van der Waals surface area contributed by atoms with E-state index in [4.69, 9.17) is 0 Å². The van der Waals surface area contributed by atoms with Crippen LogP contribution in [0.2, 0.25) is 0 Å². The van der Waals surface area contributed by atoms with E-state index in [0.717, 1.165) is 36.9 Å². The van der Waals surface area contributed by atoms with E-state index in [2.05, 4.69) is 27.1 Å². The number of anilines is 1. The summed E-state index contributed by atoms with van der Waals surface area (Å²) in [7, 11) is 0. The Morgan fingerprint density at radius 2 is 1.74 bits per heavy atom. The van der Waals surface area contributed by atoms with Crippen molar-refractivity contribution in [1.29, 1.82) is 0 Å². The van der Waals surface area contributed by atoms with Gasteiger partial charge in [0.15, 0.2) is 0 Å². The highest BCUT2D eigenvalue weighted by Crippen LogP contribution is 2.42. The normalized spacial score (nSPS) is 23.8. The van der Waals surface area contributed by atoms with Crippen molar-refractivity contribution < 1.29 is 31.1 Å². The topological polar surface area (TPSA) is 57.3 Å². The molecule has 4 heterocycles. The van der Waals surface area contributed by atoms with Gasteiger partial charge in [0.2, 0.25) is 0 Å². The van der Waals surface area contributed by atoms with Crippen molar-refractivity contribution in [2.45, 2.75) is 37.3 Å². The van der Waals surface area contributed by atoms with E-state index in [-0.39, 0.29) is 12.1 Å². The summed E-state index contributed by atoms with van der Waals surface area (Å²) >= 11 is 0. The zero-order valence-electron chi connectivity index (χ0n) is 20.7. The van der Waals surface area contributed by atoms with Crippen LogP contribution >= 0.6 is 0 Å². The summed E-state index contributed by atoms with van der Waals surface area (Å²) in [5, 5.41) is 5.89. The molecule has 3 aromatic rings. The number of carbonyl (C=O) groups excluding carboxylic acids is 1. The van der Waals surface area contributed by atoms with Crippen molar-refractivity contribution in [2.24, 2.45) is 11.8 Å². The number of aromatic nitrogens is 1. The summed E-state index contributed by atoms with van der Waals surface area (Å²) in [5.74, 6) is 0.667. The Labute approximate surface area is 220 Å². The Hall–Kier alpha value is -3.60. The second kappa shape index (κ2) is 10.2. The number of pyridine rings is 1. The number of para-hydroxylation sites is 1. The number of piperidine rings is 3. The molecular formula is C28H26F6N4O. The molecule has 6 rings (SSSR count). The smallest absolute Gasteiger partial charge is 0.329 e. The third kappa shape index (κ3) is 5.59. The van der Waals surface area contributed by atoms with E-state index in [0.29, 0.717) is 29.5 Å². The van der Waals surface area contributed by atoms with Gasteiger partial charge in [-0.25, -0.2) is 4.79 Å². The number of carbonyl (C=O) groups is 1. The van der Waals surface area contributed by atoms with E-state index in [1.807, 2.05) is 30.3 Å². The standard InChI is InChI=1S/C28H26F6N4O/c1-2-16-15-38-10-8-17(16)11-24(38)25(22-7-9-35-23-6-4-3-5-21(22)23)37-26(39)36-20-13-18(27(29,30)31)12-19(14-20)28(32,33)34/h2-7,9,12-14,16-17,24-25H,1,8,10-11,15H2,(H2,36,37,39)/t16?,17-,24-,25-/m0/s1. The van der Waals surface area contributed by atoms with Crippen molar-refractivity contribution in [3.05, 3.63) is 84.1 Å². The molecule has 5 nitrogen and oxygen atoms in total. The molecule has 3 aliphatic heterocycles. The van der Waals surface area contributed by atoms with Crippen LogP contribution in [0.5, 0.6) is 0 Å². The highest BCUT2D eigenvalue weighted by Gasteiger charge is 2.43. The molecule has 11 heteroatoms. The summed E-state index contributed by atoms with van der Waals surface area (Å²) < 4.78 is 80.0. The van der Waals surface area contributed by atoms with Gasteiger partial charge in [-0.2, -0.15) is 26.3 Å². The highest BCUT2D eigenvalue weighted by molar-refractivity contribution is 5.91. The van der Waals surface area contributed by atoms with E-state index in [9.17, 15) is 31.1 Å².